The maximum Gasteiger partial charge on any atom is 0.0458 e. The molecule has 0 heterocycles. The Bertz CT molecular complexity index is 542. The fourth-order valence-corrected chi connectivity index (χ4v) is 2.41. The molecule has 0 atom stereocenters. The SMILES string of the molecule is C1=CCCC(N(c2ccccc2)c2ccccc2)=C1.CC. The highest BCUT2D eigenvalue weighted by Gasteiger charge is 2.14. The van der Waals surface area contributed by atoms with Crippen molar-refractivity contribution >= 4 is 11.4 Å². The van der Waals surface area contributed by atoms with Gasteiger partial charge in [-0.25, -0.2) is 0 Å². The number of nitrogens with zero attached hydrogens (tertiary/aromatic N) is 1. The van der Waals surface area contributed by atoms with Crippen molar-refractivity contribution in [1.82, 2.24) is 0 Å². The molecule has 1 aliphatic rings. The van der Waals surface area contributed by atoms with Crippen LogP contribution in [0.2, 0.25) is 0 Å². The molecule has 1 nitrogen and oxygen atoms in total. The Kier molecular flexibility index (Phi) is 5.83. The van der Waals surface area contributed by atoms with Gasteiger partial charge in [0.15, 0.2) is 0 Å². The lowest BCUT2D eigenvalue weighted by Gasteiger charge is -2.28. The Balaban J connectivity index is 0.000000774. The van der Waals surface area contributed by atoms with Gasteiger partial charge in [0, 0.05) is 17.1 Å². The number of hydrogen-bond acceptors (Lipinski definition) is 1. The first-order valence-corrected chi connectivity index (χ1v) is 7.71. The standard InChI is InChI=1S/C18H17N.C2H6/c1-4-10-16(11-5-1)19(17-12-6-2-7-13-17)18-14-8-3-9-15-18;1-2/h1-8,10-14H,9,15H2;1-2H3. The van der Waals surface area contributed by atoms with E-state index < -0.39 is 0 Å². The van der Waals surface area contributed by atoms with Crippen LogP contribution in [0.15, 0.2) is 84.6 Å². The maximum atomic E-state index is 2.34. The lowest BCUT2D eigenvalue weighted by molar-refractivity contribution is 0.917. The minimum atomic E-state index is 1.08. The molecule has 0 saturated carbocycles. The van der Waals surface area contributed by atoms with Crippen molar-refractivity contribution in [3.8, 4) is 0 Å². The van der Waals surface area contributed by atoms with Gasteiger partial charge in [0.05, 0.1) is 0 Å². The van der Waals surface area contributed by atoms with E-state index in [-0.39, 0.29) is 0 Å². The summed E-state index contributed by atoms with van der Waals surface area (Å²) in [7, 11) is 0. The maximum absolute atomic E-state index is 2.34. The third-order valence-corrected chi connectivity index (χ3v) is 3.31. The molecule has 3 rings (SSSR count). The van der Waals surface area contributed by atoms with Crippen LogP contribution in [0.1, 0.15) is 26.7 Å². The largest absolute Gasteiger partial charge is 0.314 e. The summed E-state index contributed by atoms with van der Waals surface area (Å²) in [5.74, 6) is 0. The molecule has 1 aliphatic carbocycles. The number of para-hydroxylation sites is 2. The van der Waals surface area contributed by atoms with Crippen LogP contribution >= 0.6 is 0 Å². The van der Waals surface area contributed by atoms with Crippen LogP contribution < -0.4 is 4.90 Å². The summed E-state index contributed by atoms with van der Waals surface area (Å²) in [4.78, 5) is 2.34. The molecule has 0 bridgehead atoms. The fourth-order valence-electron chi connectivity index (χ4n) is 2.41. The third-order valence-electron chi connectivity index (χ3n) is 3.31. The number of anilines is 2. The molecule has 0 radical (unpaired) electrons. The summed E-state index contributed by atoms with van der Waals surface area (Å²) in [5, 5.41) is 0. The molecular formula is C20H23N. The van der Waals surface area contributed by atoms with Crippen molar-refractivity contribution < 1.29 is 0 Å². The first-order valence-electron chi connectivity index (χ1n) is 7.71. The summed E-state index contributed by atoms with van der Waals surface area (Å²) in [6.45, 7) is 4.00. The van der Waals surface area contributed by atoms with E-state index in [2.05, 4.69) is 83.8 Å². The fraction of sp³-hybridized carbons (Fsp3) is 0.200. The average molecular weight is 277 g/mol. The number of rotatable bonds is 3. The summed E-state index contributed by atoms with van der Waals surface area (Å²) in [6.07, 6.45) is 8.78. The molecule has 108 valence electrons. The van der Waals surface area contributed by atoms with E-state index in [0.29, 0.717) is 0 Å². The van der Waals surface area contributed by atoms with Gasteiger partial charge < -0.3 is 4.90 Å². The summed E-state index contributed by atoms with van der Waals surface area (Å²) in [5.41, 5.74) is 3.78. The van der Waals surface area contributed by atoms with Gasteiger partial charge >= 0.3 is 0 Å². The Morgan fingerprint density at radius 3 is 1.71 bits per heavy atom. The second-order valence-corrected chi connectivity index (χ2v) is 4.63. The molecule has 0 spiro atoms. The van der Waals surface area contributed by atoms with E-state index in [1.54, 1.807) is 0 Å². The van der Waals surface area contributed by atoms with Crippen LogP contribution in [0.5, 0.6) is 0 Å². The zero-order chi connectivity index (χ0) is 14.9. The highest BCUT2D eigenvalue weighted by Crippen LogP contribution is 2.32. The van der Waals surface area contributed by atoms with Crippen molar-refractivity contribution in [2.24, 2.45) is 0 Å². The normalized spacial score (nSPS) is 13.0. The van der Waals surface area contributed by atoms with E-state index >= 15 is 0 Å². The first kappa shape index (κ1) is 15.1. The van der Waals surface area contributed by atoms with Gasteiger partial charge in [-0.2, -0.15) is 0 Å². The molecule has 0 unspecified atom stereocenters. The van der Waals surface area contributed by atoms with E-state index in [0.717, 1.165) is 12.8 Å². The quantitative estimate of drug-likeness (QED) is 0.656. The van der Waals surface area contributed by atoms with Crippen LogP contribution in [0.3, 0.4) is 0 Å². The van der Waals surface area contributed by atoms with Gasteiger partial charge in [-0.05, 0) is 43.2 Å². The minimum Gasteiger partial charge on any atom is -0.314 e. The lowest BCUT2D eigenvalue weighted by Crippen LogP contribution is -2.17. The molecular weight excluding hydrogens is 254 g/mol. The van der Waals surface area contributed by atoms with Crippen molar-refractivity contribution in [3.05, 3.63) is 84.6 Å². The topological polar surface area (TPSA) is 3.24 Å². The highest BCUT2D eigenvalue weighted by molar-refractivity contribution is 5.68. The van der Waals surface area contributed by atoms with Gasteiger partial charge in [0.25, 0.3) is 0 Å². The molecule has 0 amide bonds. The van der Waals surface area contributed by atoms with E-state index in [1.165, 1.54) is 17.1 Å². The van der Waals surface area contributed by atoms with Crippen molar-refractivity contribution in [1.29, 1.82) is 0 Å². The second kappa shape index (κ2) is 8.11. The lowest BCUT2D eigenvalue weighted by atomic mass is 10.1. The Hall–Kier alpha value is -2.28. The molecule has 1 heteroatoms. The molecule has 0 aromatic heterocycles. The van der Waals surface area contributed by atoms with Gasteiger partial charge in [-0.15, -0.1) is 0 Å². The van der Waals surface area contributed by atoms with Gasteiger partial charge in [-0.3, -0.25) is 0 Å². The Labute approximate surface area is 128 Å². The number of hydrogen-bond donors (Lipinski definition) is 0. The molecule has 2 aromatic rings. The van der Waals surface area contributed by atoms with Gasteiger partial charge in [0.1, 0.15) is 0 Å². The second-order valence-electron chi connectivity index (χ2n) is 4.63. The zero-order valence-corrected chi connectivity index (χ0v) is 12.9. The molecule has 2 aromatic carbocycles. The van der Waals surface area contributed by atoms with Crippen LogP contribution in [0, 0.1) is 0 Å². The summed E-state index contributed by atoms with van der Waals surface area (Å²) < 4.78 is 0. The van der Waals surface area contributed by atoms with Crippen LogP contribution in [-0.4, -0.2) is 0 Å². The predicted molar refractivity (Wildman–Crippen MR) is 92.8 cm³/mol. The molecule has 21 heavy (non-hydrogen) atoms. The molecule has 0 N–H and O–H groups in total. The minimum absolute atomic E-state index is 1.08. The smallest absolute Gasteiger partial charge is 0.0458 e. The predicted octanol–water partition coefficient (Wildman–Crippen LogP) is 6.08. The third kappa shape index (κ3) is 3.85. The van der Waals surface area contributed by atoms with Crippen LogP contribution in [0.25, 0.3) is 0 Å². The van der Waals surface area contributed by atoms with Gasteiger partial charge in [0.2, 0.25) is 0 Å². The molecule has 0 saturated heterocycles. The van der Waals surface area contributed by atoms with E-state index in [4.69, 9.17) is 0 Å². The van der Waals surface area contributed by atoms with Crippen LogP contribution in [0.4, 0.5) is 11.4 Å². The van der Waals surface area contributed by atoms with E-state index in [9.17, 15) is 0 Å². The van der Waals surface area contributed by atoms with Gasteiger partial charge in [-0.1, -0.05) is 62.4 Å². The first-order chi connectivity index (χ1) is 10.4. The van der Waals surface area contributed by atoms with Crippen molar-refractivity contribution in [3.63, 3.8) is 0 Å². The Morgan fingerprint density at radius 1 is 0.762 bits per heavy atom. The zero-order valence-electron chi connectivity index (χ0n) is 12.9. The molecule has 0 fully saturated rings. The molecule has 0 aliphatic heterocycles. The van der Waals surface area contributed by atoms with Crippen molar-refractivity contribution in [2.75, 3.05) is 4.90 Å². The Morgan fingerprint density at radius 2 is 1.29 bits per heavy atom. The van der Waals surface area contributed by atoms with E-state index in [1.807, 2.05) is 13.8 Å². The van der Waals surface area contributed by atoms with Crippen molar-refractivity contribution in [2.45, 2.75) is 26.7 Å². The van der Waals surface area contributed by atoms with Crippen LogP contribution in [-0.2, 0) is 0 Å². The number of benzene rings is 2. The highest BCUT2D eigenvalue weighted by atomic mass is 15.1. The summed E-state index contributed by atoms with van der Waals surface area (Å²) >= 11 is 0. The number of allylic oxidation sites excluding steroid dienone is 4. The summed E-state index contributed by atoms with van der Waals surface area (Å²) in [6, 6.07) is 21.1. The average Bonchev–Trinajstić information content (AvgIpc) is 2.60. The monoisotopic (exact) mass is 277 g/mol.